The van der Waals surface area contributed by atoms with Gasteiger partial charge in [0, 0.05) is 197 Å². The molecule has 120 heavy (non-hydrogen) atoms. The molecule has 0 amide bonds. The van der Waals surface area contributed by atoms with E-state index in [0.717, 1.165) is 27.7 Å². The van der Waals surface area contributed by atoms with E-state index in [2.05, 4.69) is 0 Å². The van der Waals surface area contributed by atoms with Gasteiger partial charge in [0.05, 0.1) is 74.6 Å². The number of rotatable bonds is 28. The second kappa shape index (κ2) is 43.9. The lowest BCUT2D eigenvalue weighted by Crippen LogP contribution is -2.51. The molecular formula is C96H152N8O16. The Morgan fingerprint density at radius 3 is 0.800 bits per heavy atom. The lowest BCUT2D eigenvalue weighted by molar-refractivity contribution is -0.161. The van der Waals surface area contributed by atoms with Gasteiger partial charge in [0.15, 0.2) is 46.0 Å². The molecule has 0 spiro atoms. The fraction of sp³-hybridized carbons (Fsp3) is 0.708. The van der Waals surface area contributed by atoms with Crippen LogP contribution >= 0.6 is 0 Å². The number of esters is 4. The second-order valence-corrected chi connectivity index (χ2v) is 29.2. The molecule has 0 saturated carbocycles. The number of piperidine rings is 4. The zero-order valence-corrected chi connectivity index (χ0v) is 68.3. The van der Waals surface area contributed by atoms with Crippen molar-refractivity contribution in [2.75, 3.05) is 109 Å². The van der Waals surface area contributed by atoms with Crippen molar-refractivity contribution in [3.8, 4) is 46.0 Å². The lowest BCUT2D eigenvalue weighted by atomic mass is 9.79. The molecule has 0 bridgehead atoms. The number of ether oxygens (including phenoxy) is 12. The van der Waals surface area contributed by atoms with Crippen LogP contribution in [0.2, 0.25) is 0 Å². The van der Waals surface area contributed by atoms with Gasteiger partial charge in [-0.3, -0.25) is 38.8 Å². The molecule has 672 valence electrons. The Morgan fingerprint density at radius 1 is 0.358 bits per heavy atom. The summed E-state index contributed by atoms with van der Waals surface area (Å²) in [7, 11) is 2.33. The van der Waals surface area contributed by atoms with Crippen molar-refractivity contribution in [2.24, 2.45) is 93.8 Å². The van der Waals surface area contributed by atoms with E-state index in [1.54, 1.807) is 23.1 Å². The number of benzene rings is 4. The first-order valence-corrected chi connectivity index (χ1v) is 38.0. The minimum atomic E-state index is -3.97. The molecule has 4 aromatic rings. The van der Waals surface area contributed by atoms with Gasteiger partial charge in [-0.05, 0) is 191 Å². The summed E-state index contributed by atoms with van der Waals surface area (Å²) < 4.78 is 589. The molecule has 0 radical (unpaired) electrons. The van der Waals surface area contributed by atoms with E-state index in [-0.39, 0.29) is 91.2 Å². The van der Waals surface area contributed by atoms with Gasteiger partial charge in [-0.2, -0.15) is 0 Å². The molecule has 20 atom stereocenters. The van der Waals surface area contributed by atoms with Crippen LogP contribution in [-0.4, -0.2) is 201 Å². The van der Waals surface area contributed by atoms with Crippen molar-refractivity contribution < 1.29 is 165 Å². The Morgan fingerprint density at radius 2 is 0.583 bits per heavy atom. The summed E-state index contributed by atoms with van der Waals surface area (Å²) in [4.78, 5) is 60.1. The number of nitrogens with two attached hydrogens (primary N) is 4. The van der Waals surface area contributed by atoms with Crippen LogP contribution < -0.4 is 60.8 Å². The Labute approximate surface area is 810 Å². The summed E-state index contributed by atoms with van der Waals surface area (Å²) in [5, 5.41) is 0. The van der Waals surface area contributed by atoms with Crippen molar-refractivity contribution in [1.82, 2.24) is 19.6 Å². The number of nitrogens with zero attached hydrogens (tertiary/aromatic N) is 4. The number of fused-ring (bicyclic) bond motifs is 12. The van der Waals surface area contributed by atoms with Crippen LogP contribution in [0.3, 0.4) is 0 Å². The van der Waals surface area contributed by atoms with Crippen LogP contribution in [-0.2, 0) is 63.8 Å². The highest BCUT2D eigenvalue weighted by Gasteiger charge is 2.47. The van der Waals surface area contributed by atoms with E-state index in [1.807, 2.05) is 0 Å². The van der Waals surface area contributed by atoms with Crippen LogP contribution in [0.1, 0.15) is 319 Å². The zero-order chi connectivity index (χ0) is 144. The van der Waals surface area contributed by atoms with Crippen molar-refractivity contribution in [1.29, 1.82) is 0 Å². The average Bonchev–Trinajstić information content (AvgIpc) is 0.704. The van der Waals surface area contributed by atoms with E-state index < -0.39 is 334 Å². The second-order valence-electron chi connectivity index (χ2n) is 29.2. The maximum atomic E-state index is 13.6. The molecule has 24 heteroatoms. The SMILES string of the molecule is [2H]C([2H])([2H])Oc1cc2c(cc1OC)C1([2H])CC(OC(=O)[C@@]([2H])(N)C([2H])(C([2H])([2H])[2H])C([2H])([2H])[2H])C(C([2H])([2H])C([2H])(C)C([2H])([2H])[2H])CN1CC2.[2H]C([2H])([2H])Oc1cc2c(cc1OC)C1([2H])CC(OC(=O)[C@@]([2H])(N)C([2H])(C([2H])([2H])[2H])C([2H])([2H])[2H])C(C([2H])([2H])C([2H])(C)C([2H])([2H])[2H])CN1CC2.[2H]C12CC(OC(=O)[C@@H](N)C([2H])(C([2H])([2H])[2H])C([2H])([2H])[2H])C(C([2H])([2H])C([2H])(C)C([2H])([2H])[2H])CN1CCc1cc(OC)c(OC)cc12.[2H]C12CC(OC(=O)[C@@]([2H])(N)C([2H])(C([2H])([2H])[2H])C([2H])([2H])[2H])C(C([2H])([2H])C([2H])(C)C([2H])([2H])[2H])CN1CCc1cc(OC)c(OC)cc12. The third kappa shape index (κ3) is 23.8. The zero-order valence-electron chi connectivity index (χ0n) is 133. The van der Waals surface area contributed by atoms with Crippen LogP contribution in [0.15, 0.2) is 48.5 Å². The Hall–Kier alpha value is -7.16. The van der Waals surface area contributed by atoms with Gasteiger partial charge < -0.3 is 79.8 Å². The molecule has 24 nitrogen and oxygen atoms in total. The molecule has 0 aliphatic carbocycles. The van der Waals surface area contributed by atoms with Gasteiger partial charge in [0.1, 0.15) is 48.5 Å². The maximum Gasteiger partial charge on any atom is 0.323 e. The third-order valence-corrected chi connectivity index (χ3v) is 21.3. The highest BCUT2D eigenvalue weighted by atomic mass is 16.6. The summed E-state index contributed by atoms with van der Waals surface area (Å²) in [6.45, 7) is -41.1. The molecular weight excluding hydrogens is 1520 g/mol. The van der Waals surface area contributed by atoms with Crippen molar-refractivity contribution in [3.63, 3.8) is 0 Å². The average molecular weight is 1740 g/mol. The van der Waals surface area contributed by atoms with Gasteiger partial charge >= 0.3 is 23.9 Å². The van der Waals surface area contributed by atoms with Gasteiger partial charge in [-0.25, -0.2) is 0 Å². The molecule has 8 heterocycles. The van der Waals surface area contributed by atoms with Gasteiger partial charge in [-0.15, -0.1) is 0 Å². The Kier molecular flexibility index (Phi) is 15.0. The normalized spacial score (nSPS) is 40.4. The molecule has 8 aliphatic rings. The number of carbonyl (C=O) groups is 4. The number of methoxy groups -OCH3 is 8. The Balaban J connectivity index is 0.000000269. The predicted octanol–water partition coefficient (Wildman–Crippen LogP) is 14.3. The van der Waals surface area contributed by atoms with Crippen molar-refractivity contribution in [2.45, 2.75) is 259 Å². The quantitative estimate of drug-likeness (QED) is 0.0303. The molecule has 4 saturated heterocycles. The van der Waals surface area contributed by atoms with E-state index >= 15 is 0 Å². The summed E-state index contributed by atoms with van der Waals surface area (Å²) in [5.74, 6) is -40.4. The fourth-order valence-corrected chi connectivity index (χ4v) is 15.6. The molecule has 12 rings (SSSR count). The van der Waals surface area contributed by atoms with E-state index in [1.165, 1.54) is 87.7 Å². The van der Waals surface area contributed by atoms with Crippen molar-refractivity contribution in [3.05, 3.63) is 93.0 Å². The third-order valence-electron chi connectivity index (χ3n) is 21.3. The van der Waals surface area contributed by atoms with Crippen molar-refractivity contribution >= 4 is 23.9 Å². The molecule has 16 unspecified atom stereocenters. The summed E-state index contributed by atoms with van der Waals surface area (Å²) in [6, 6.07) is -9.76. The predicted molar refractivity (Wildman–Crippen MR) is 471 cm³/mol. The Bertz CT molecular complexity index is 6650. The molecule has 0 aromatic heterocycles. The lowest BCUT2D eigenvalue weighted by Gasteiger charge is -2.47. The first kappa shape index (κ1) is 40.9. The first-order chi connectivity index (χ1) is 82.2. The molecule has 4 aromatic carbocycles. The first-order valence-electron chi connectivity index (χ1n) is 70.5. The van der Waals surface area contributed by atoms with Crippen LogP contribution in [0.25, 0.3) is 0 Å². The van der Waals surface area contributed by atoms with Gasteiger partial charge in [-0.1, -0.05) is 110 Å². The summed E-state index contributed by atoms with van der Waals surface area (Å²) in [5.41, 5.74) is 26.2. The number of carbonyl (C=O) groups excluding carboxylic acids is 4. The number of hydrogen-bond donors (Lipinski definition) is 4. The minimum Gasteiger partial charge on any atom is -0.493 e. The fourth-order valence-electron chi connectivity index (χ4n) is 15.6. The highest BCUT2D eigenvalue weighted by Crippen LogP contribution is 2.50. The summed E-state index contributed by atoms with van der Waals surface area (Å²) >= 11 is 0. The van der Waals surface area contributed by atoms with Crippen LogP contribution in [0.5, 0.6) is 46.0 Å². The standard InChI is InChI=1S/4C24H38N2O4/c4*1-14(2)9-17-13-26-8-7-16-10-21(28-5)22(29-6)11-18(16)19(26)12-20(17)30-24(27)23(25)15(3)4/h4*10-11,14-15,17,19-20,23H,7-9,12-13,25H2,1-6H3/t4*17?,19?,20?,23-/m0000/s1/i2*1D3,3D3,4D3,5D3,9D2,14D,15D,19D,23D;1D3,3D3,4D3,9D2,14D,15D,19D,23D;1D3,3D3,4D3,9D2,14D,15D,19D/t4*14?,17?,19?,20?,23-. The van der Waals surface area contributed by atoms with Crippen LogP contribution in [0, 0.1) is 70.8 Å². The molecule has 8 N–H and O–H groups in total. The van der Waals surface area contributed by atoms with E-state index in [4.69, 9.17) is 163 Å². The summed E-state index contributed by atoms with van der Waals surface area (Å²) in [6.07, 6.45) is -20.8. The largest absolute Gasteiger partial charge is 0.493 e. The molecule has 4 fully saturated rings. The smallest absolute Gasteiger partial charge is 0.323 e. The monoisotopic (exact) mass is 1740 g/mol. The topological polar surface area (TPSA) is 296 Å². The minimum absolute atomic E-state index is 0.0129. The maximum absolute atomic E-state index is 13.6. The molecule has 8 aliphatic heterocycles. The van der Waals surface area contributed by atoms with Gasteiger partial charge in [0.2, 0.25) is 0 Å². The highest BCUT2D eigenvalue weighted by molar-refractivity contribution is 5.77. The van der Waals surface area contributed by atoms with E-state index in [9.17, 15) is 24.7 Å². The van der Waals surface area contributed by atoms with Crippen LogP contribution in [0.4, 0.5) is 0 Å². The van der Waals surface area contributed by atoms with Gasteiger partial charge in [0.25, 0.3) is 0 Å². The van der Waals surface area contributed by atoms with E-state index in [0.29, 0.717) is 57.7 Å². The number of hydrogen-bond acceptors (Lipinski definition) is 24.